The molecule has 1 N–H and O–H groups in total. The Kier molecular flexibility index (Phi) is 10.7. The Labute approximate surface area is 214 Å². The molecule has 1 aromatic carbocycles. The molecular weight excluding hydrogens is 486 g/mol. The van der Waals surface area contributed by atoms with E-state index in [0.717, 1.165) is 61.5 Å². The minimum absolute atomic E-state index is 0.0651. The van der Waals surface area contributed by atoms with Crippen LogP contribution in [0.5, 0.6) is 0 Å². The third-order valence-electron chi connectivity index (χ3n) is 6.62. The number of allylic oxidation sites excluding steroid dienone is 7. The molecular formula is C29H40BrN3O. The number of unbranched alkanes of at least 4 members (excludes halogenated alkanes) is 1. The monoisotopic (exact) mass is 525 g/mol. The van der Waals surface area contributed by atoms with Gasteiger partial charge < -0.3 is 4.90 Å². The maximum atomic E-state index is 13.8. The molecule has 1 unspecified atom stereocenters. The van der Waals surface area contributed by atoms with Crippen LogP contribution in [0.25, 0.3) is 0 Å². The Hall–Kier alpha value is -2.11. The average molecular weight is 527 g/mol. The zero-order valence-corrected chi connectivity index (χ0v) is 22.6. The molecule has 2 aliphatic heterocycles. The second-order valence-electron chi connectivity index (χ2n) is 9.36. The highest BCUT2D eigenvalue weighted by molar-refractivity contribution is 9.11. The van der Waals surface area contributed by atoms with Gasteiger partial charge in [0.25, 0.3) is 0 Å². The third-order valence-corrected chi connectivity index (χ3v) is 7.20. The van der Waals surface area contributed by atoms with Crippen molar-refractivity contribution < 1.29 is 4.79 Å². The standard InChI is InChI=1S/C29H40BrN3O/c1-4-6-14-27(30)19-18-25(5-2)26-17-16-23(3)31-33(22-26)29(34)32-20-11-10-15-28(32)21-24-12-8-7-9-13-24/h5,7-9,12-14,18-19,22-23,28,31H,4,6,10-11,15-17,20-21H2,1-3H3/b19-18-,25-5+,27-14-/t23-,28?/m1/s1. The first-order valence-corrected chi connectivity index (χ1v) is 13.6. The Morgan fingerprint density at radius 3 is 2.71 bits per heavy atom. The summed E-state index contributed by atoms with van der Waals surface area (Å²) in [5.74, 6) is 0. The van der Waals surface area contributed by atoms with Gasteiger partial charge in [-0.05, 0) is 81.6 Å². The fourth-order valence-corrected chi connectivity index (χ4v) is 5.02. The molecule has 1 fully saturated rings. The van der Waals surface area contributed by atoms with E-state index in [9.17, 15) is 4.79 Å². The van der Waals surface area contributed by atoms with E-state index in [1.807, 2.05) is 12.3 Å². The van der Waals surface area contributed by atoms with Crippen LogP contribution in [0.4, 0.5) is 4.79 Å². The molecule has 0 aliphatic carbocycles. The first-order valence-electron chi connectivity index (χ1n) is 12.8. The number of benzene rings is 1. The molecule has 2 aliphatic rings. The lowest BCUT2D eigenvalue weighted by Crippen LogP contribution is -2.54. The SMILES string of the molecule is C\C=C(/C=C\C(Br)=C\CCC)C1=CN(C(=O)N2CCCCC2Cc2ccccc2)N[C@H](C)CC1. The van der Waals surface area contributed by atoms with Crippen LogP contribution in [0.15, 0.2) is 76.5 Å². The van der Waals surface area contributed by atoms with Gasteiger partial charge in [0.2, 0.25) is 0 Å². The molecule has 0 radical (unpaired) electrons. The number of rotatable bonds is 7. The van der Waals surface area contributed by atoms with E-state index in [0.29, 0.717) is 0 Å². The van der Waals surface area contributed by atoms with Crippen molar-refractivity contribution in [3.63, 3.8) is 0 Å². The number of nitrogens with zero attached hydrogens (tertiary/aromatic N) is 2. The summed E-state index contributed by atoms with van der Waals surface area (Å²) in [7, 11) is 0. The Bertz CT molecular complexity index is 919. The van der Waals surface area contributed by atoms with E-state index in [2.05, 4.69) is 95.6 Å². The minimum Gasteiger partial charge on any atom is -0.320 e. The van der Waals surface area contributed by atoms with Gasteiger partial charge in [-0.1, -0.05) is 77.8 Å². The van der Waals surface area contributed by atoms with Crippen molar-refractivity contribution in [1.29, 1.82) is 0 Å². The number of hydrogen-bond donors (Lipinski definition) is 1. The van der Waals surface area contributed by atoms with Gasteiger partial charge >= 0.3 is 6.03 Å². The van der Waals surface area contributed by atoms with Crippen molar-refractivity contribution in [3.8, 4) is 0 Å². The van der Waals surface area contributed by atoms with Gasteiger partial charge in [0.15, 0.2) is 0 Å². The van der Waals surface area contributed by atoms with E-state index in [-0.39, 0.29) is 18.1 Å². The number of amides is 2. The summed E-state index contributed by atoms with van der Waals surface area (Å²) >= 11 is 3.65. The zero-order chi connectivity index (χ0) is 24.3. The zero-order valence-electron chi connectivity index (χ0n) is 21.0. The number of piperidine rings is 1. The first kappa shape index (κ1) is 26.5. The second kappa shape index (κ2) is 13.7. The highest BCUT2D eigenvalue weighted by Gasteiger charge is 2.31. The number of hydrazine groups is 1. The largest absolute Gasteiger partial charge is 0.338 e. The highest BCUT2D eigenvalue weighted by Crippen LogP contribution is 2.26. The molecule has 2 atom stereocenters. The van der Waals surface area contributed by atoms with E-state index in [4.69, 9.17) is 0 Å². The molecule has 3 rings (SSSR count). The molecule has 1 aromatic rings. The van der Waals surface area contributed by atoms with Crippen LogP contribution in [0.2, 0.25) is 0 Å². The third kappa shape index (κ3) is 7.71. The second-order valence-corrected chi connectivity index (χ2v) is 10.3. The summed E-state index contributed by atoms with van der Waals surface area (Å²) in [5.41, 5.74) is 7.10. The van der Waals surface area contributed by atoms with Crippen molar-refractivity contribution in [1.82, 2.24) is 15.3 Å². The number of urea groups is 1. The van der Waals surface area contributed by atoms with Gasteiger partial charge in [-0.25, -0.2) is 15.2 Å². The van der Waals surface area contributed by atoms with Gasteiger partial charge in [0.05, 0.1) is 0 Å². The maximum absolute atomic E-state index is 13.8. The van der Waals surface area contributed by atoms with E-state index in [1.165, 1.54) is 17.6 Å². The summed E-state index contributed by atoms with van der Waals surface area (Å²) in [6, 6.07) is 11.1. The Balaban J connectivity index is 1.80. The molecule has 2 amide bonds. The number of carbonyl (C=O) groups is 1. The lowest BCUT2D eigenvalue weighted by atomic mass is 9.96. The molecule has 2 heterocycles. The van der Waals surface area contributed by atoms with Crippen molar-refractivity contribution in [2.45, 2.75) is 84.2 Å². The van der Waals surface area contributed by atoms with Crippen molar-refractivity contribution in [3.05, 3.63) is 82.0 Å². The Morgan fingerprint density at radius 1 is 1.18 bits per heavy atom. The van der Waals surface area contributed by atoms with Gasteiger partial charge in [0, 0.05) is 29.3 Å². The average Bonchev–Trinajstić information content (AvgIpc) is 3.05. The van der Waals surface area contributed by atoms with E-state index >= 15 is 0 Å². The van der Waals surface area contributed by atoms with Crippen LogP contribution < -0.4 is 5.43 Å². The van der Waals surface area contributed by atoms with Gasteiger partial charge in [-0.15, -0.1) is 0 Å². The topological polar surface area (TPSA) is 35.6 Å². The summed E-state index contributed by atoms with van der Waals surface area (Å²) in [6.07, 6.45) is 19.0. The Morgan fingerprint density at radius 2 is 1.97 bits per heavy atom. The minimum atomic E-state index is 0.0651. The predicted octanol–water partition coefficient (Wildman–Crippen LogP) is 7.66. The first-order chi connectivity index (χ1) is 16.5. The number of nitrogens with one attached hydrogen (secondary N) is 1. The van der Waals surface area contributed by atoms with Gasteiger partial charge in [0.1, 0.15) is 0 Å². The van der Waals surface area contributed by atoms with Crippen molar-refractivity contribution in [2.75, 3.05) is 6.54 Å². The molecule has 0 spiro atoms. The van der Waals surface area contributed by atoms with Crippen LogP contribution in [0, 0.1) is 0 Å². The van der Waals surface area contributed by atoms with Crippen molar-refractivity contribution >= 4 is 22.0 Å². The van der Waals surface area contributed by atoms with Crippen LogP contribution in [-0.2, 0) is 6.42 Å². The number of halogens is 1. The van der Waals surface area contributed by atoms with Crippen LogP contribution in [0.1, 0.15) is 71.3 Å². The molecule has 1 saturated heterocycles. The van der Waals surface area contributed by atoms with Crippen LogP contribution >= 0.6 is 15.9 Å². The van der Waals surface area contributed by atoms with Crippen LogP contribution in [0.3, 0.4) is 0 Å². The molecule has 4 nitrogen and oxygen atoms in total. The smallest absolute Gasteiger partial charge is 0.320 e. The lowest BCUT2D eigenvalue weighted by molar-refractivity contribution is 0.110. The fraction of sp³-hybridized carbons (Fsp3) is 0.483. The summed E-state index contributed by atoms with van der Waals surface area (Å²) in [5, 5.41) is 1.76. The van der Waals surface area contributed by atoms with Crippen LogP contribution in [-0.4, -0.2) is 34.6 Å². The molecule has 34 heavy (non-hydrogen) atoms. The fourth-order valence-electron chi connectivity index (χ4n) is 4.66. The maximum Gasteiger partial charge on any atom is 0.338 e. The molecule has 0 aromatic heterocycles. The number of likely N-dealkylation sites (tertiary alicyclic amines) is 1. The molecule has 184 valence electrons. The molecule has 5 heteroatoms. The van der Waals surface area contributed by atoms with E-state index in [1.54, 1.807) is 5.01 Å². The predicted molar refractivity (Wildman–Crippen MR) is 146 cm³/mol. The summed E-state index contributed by atoms with van der Waals surface area (Å²) in [6.45, 7) is 7.22. The van der Waals surface area contributed by atoms with E-state index < -0.39 is 0 Å². The normalized spacial score (nSPS) is 22.6. The molecule has 0 saturated carbocycles. The summed E-state index contributed by atoms with van der Waals surface area (Å²) in [4.78, 5) is 15.9. The number of hydrogen-bond acceptors (Lipinski definition) is 2. The highest BCUT2D eigenvalue weighted by atomic mass is 79.9. The number of carbonyl (C=O) groups excluding carboxylic acids is 1. The molecule has 0 bridgehead atoms. The summed E-state index contributed by atoms with van der Waals surface area (Å²) < 4.78 is 1.10. The van der Waals surface area contributed by atoms with Crippen molar-refractivity contribution in [2.24, 2.45) is 0 Å². The van der Waals surface area contributed by atoms with Gasteiger partial charge in [-0.3, -0.25) is 0 Å². The lowest BCUT2D eigenvalue weighted by Gasteiger charge is -2.38. The van der Waals surface area contributed by atoms with Gasteiger partial charge in [-0.2, -0.15) is 0 Å². The quantitative estimate of drug-likeness (QED) is 0.370.